The Balaban J connectivity index is 0. The van der Waals surface area contributed by atoms with Crippen LogP contribution in [0.1, 0.15) is 0 Å². The summed E-state index contributed by atoms with van der Waals surface area (Å²) < 4.78 is 0. The van der Waals surface area contributed by atoms with Gasteiger partial charge < -0.3 is 10.1 Å². The second-order valence-corrected chi connectivity index (χ2v) is 8.12. The van der Waals surface area contributed by atoms with Crippen molar-refractivity contribution < 1.29 is 0 Å². The summed E-state index contributed by atoms with van der Waals surface area (Å²) in [7, 11) is -0.389. The fourth-order valence-corrected chi connectivity index (χ4v) is 0. The lowest BCUT2D eigenvalue weighted by Gasteiger charge is -1.97. The highest BCUT2D eigenvalue weighted by atomic mass is 31.2. The van der Waals surface area contributed by atoms with Gasteiger partial charge in [0.05, 0.1) is 0 Å². The zero-order valence-electron chi connectivity index (χ0n) is 5.71. The Bertz CT molecular complexity index is 53.5. The van der Waals surface area contributed by atoms with E-state index in [1.165, 1.54) is 0 Å². The van der Waals surface area contributed by atoms with E-state index in [0.717, 1.165) is 5.34 Å². The van der Waals surface area contributed by atoms with Crippen LogP contribution in [0, 0.1) is 10.1 Å². The fourth-order valence-electron chi connectivity index (χ4n) is 0. The molecular formula is C4H12NO2P. The van der Waals surface area contributed by atoms with E-state index >= 15 is 0 Å². The van der Waals surface area contributed by atoms with Crippen LogP contribution < -0.4 is 0 Å². The molecule has 0 fully saturated rings. The molecule has 0 rings (SSSR count). The summed E-state index contributed by atoms with van der Waals surface area (Å²) in [4.78, 5) is 8.00. The molecule has 0 amide bonds. The first-order valence-corrected chi connectivity index (χ1v) is 5.73. The van der Waals surface area contributed by atoms with Gasteiger partial charge in [-0.3, -0.25) is 0 Å². The molecule has 0 heterocycles. The molecule has 0 radical (unpaired) electrons. The Kier molecular flexibility index (Phi) is 6.68. The predicted molar refractivity (Wildman–Crippen MR) is 39.8 cm³/mol. The van der Waals surface area contributed by atoms with E-state index in [1.807, 2.05) is 0 Å². The monoisotopic (exact) mass is 137 g/mol. The Morgan fingerprint density at radius 3 is 1.25 bits per heavy atom. The summed E-state index contributed by atoms with van der Waals surface area (Å²) in [6.45, 7) is 9.19. The van der Waals surface area contributed by atoms with Crippen LogP contribution >= 0.6 is 7.26 Å². The largest absolute Gasteiger partial charge is 0.444 e. The van der Waals surface area contributed by atoms with Crippen LogP contribution in [0.4, 0.5) is 0 Å². The van der Waals surface area contributed by atoms with Gasteiger partial charge in [-0.1, -0.05) is 0 Å². The Morgan fingerprint density at radius 2 is 1.25 bits per heavy atom. The van der Waals surface area contributed by atoms with Gasteiger partial charge in [-0.2, -0.15) is 0 Å². The molecule has 0 aromatic carbocycles. The molecule has 0 unspecified atom stereocenters. The molecule has 0 bridgehead atoms. The maximum atomic E-state index is 8.00. The van der Waals surface area contributed by atoms with Crippen LogP contribution in [0.15, 0.2) is 5.34 Å². The van der Waals surface area contributed by atoms with Crippen molar-refractivity contribution in [3.63, 3.8) is 0 Å². The minimum Gasteiger partial charge on any atom is -0.444 e. The molecular weight excluding hydrogens is 125 g/mol. The lowest BCUT2D eigenvalue weighted by molar-refractivity contribution is 1.59. The van der Waals surface area contributed by atoms with Gasteiger partial charge >= 0.3 is 0 Å². The highest BCUT2D eigenvalue weighted by molar-refractivity contribution is 7.72. The van der Waals surface area contributed by atoms with Gasteiger partial charge in [0.1, 0.15) is 0 Å². The molecule has 0 aliphatic heterocycles. The number of hydrogen-bond acceptors (Lipinski definition) is 3. The molecule has 50 valence electrons. The molecule has 0 spiro atoms. The highest BCUT2D eigenvalue weighted by Crippen LogP contribution is 2.40. The molecule has 0 aromatic heterocycles. The number of hydrogen-bond donors (Lipinski definition) is 0. The van der Waals surface area contributed by atoms with E-state index in [9.17, 15) is 0 Å². The van der Waals surface area contributed by atoms with Crippen molar-refractivity contribution in [3.8, 4) is 0 Å². The molecule has 0 aliphatic rings. The van der Waals surface area contributed by atoms with Crippen molar-refractivity contribution >= 4 is 7.26 Å². The molecule has 3 nitrogen and oxygen atoms in total. The van der Waals surface area contributed by atoms with Gasteiger partial charge in [-0.05, 0) is 0 Å². The maximum absolute atomic E-state index is 8.00. The first kappa shape index (κ1) is 10.7. The third-order valence-corrected chi connectivity index (χ3v) is 0. The van der Waals surface area contributed by atoms with E-state index < -0.39 is 0 Å². The highest BCUT2D eigenvalue weighted by Gasteiger charge is 2.03. The van der Waals surface area contributed by atoms with Crippen molar-refractivity contribution in [2.24, 2.45) is 5.34 Å². The van der Waals surface area contributed by atoms with Crippen molar-refractivity contribution in [2.45, 2.75) is 0 Å². The van der Waals surface area contributed by atoms with E-state index in [2.05, 4.69) is 26.7 Å². The summed E-state index contributed by atoms with van der Waals surface area (Å²) >= 11 is 0. The molecule has 0 N–H and O–H groups in total. The Labute approximate surface area is 50.4 Å². The van der Waals surface area contributed by atoms with Gasteiger partial charge in [0.2, 0.25) is 0 Å². The van der Waals surface area contributed by atoms with E-state index in [-0.39, 0.29) is 7.26 Å². The minimum atomic E-state index is -0.389. The van der Waals surface area contributed by atoms with Gasteiger partial charge in [0, 0.05) is 33.9 Å². The molecule has 0 atom stereocenters. The van der Waals surface area contributed by atoms with Crippen molar-refractivity contribution in [2.75, 3.05) is 26.7 Å². The smallest absolute Gasteiger partial charge is 0.0481 e. The van der Waals surface area contributed by atoms with Gasteiger partial charge in [0.15, 0.2) is 0 Å². The normalized spacial score (nSPS) is 9.00. The lowest BCUT2D eigenvalue weighted by atomic mass is 11.8. The average Bonchev–Trinajstić information content (AvgIpc) is 1.27. The first-order valence-electron chi connectivity index (χ1n) is 2.15. The van der Waals surface area contributed by atoms with Crippen LogP contribution in [-0.2, 0) is 0 Å². The quantitative estimate of drug-likeness (QED) is 0.290. The lowest BCUT2D eigenvalue weighted by Crippen LogP contribution is -1.74. The van der Waals surface area contributed by atoms with E-state index in [0.29, 0.717) is 0 Å². The minimum absolute atomic E-state index is 0.389. The molecule has 0 aliphatic carbocycles. The SMILES string of the molecule is C[P+](C)(C)C.O=N[O-]. The Morgan fingerprint density at radius 1 is 1.25 bits per heavy atom. The van der Waals surface area contributed by atoms with Gasteiger partial charge in [0.25, 0.3) is 0 Å². The van der Waals surface area contributed by atoms with Gasteiger partial charge in [-0.15, -0.1) is 5.34 Å². The fraction of sp³-hybridized carbons (Fsp3) is 1.00. The zero-order chi connectivity index (χ0) is 7.21. The molecule has 0 saturated carbocycles. The number of nitrogens with zero attached hydrogens (tertiary/aromatic N) is 1. The summed E-state index contributed by atoms with van der Waals surface area (Å²) in [6.07, 6.45) is 0. The molecule has 4 heteroatoms. The van der Waals surface area contributed by atoms with Crippen LogP contribution in [-0.4, -0.2) is 26.7 Å². The van der Waals surface area contributed by atoms with Gasteiger partial charge in [-0.25, -0.2) is 0 Å². The van der Waals surface area contributed by atoms with Crippen molar-refractivity contribution in [1.82, 2.24) is 0 Å². The second kappa shape index (κ2) is 4.98. The van der Waals surface area contributed by atoms with E-state index in [1.54, 1.807) is 0 Å². The first-order chi connectivity index (χ1) is 3.41. The van der Waals surface area contributed by atoms with Crippen molar-refractivity contribution in [1.29, 1.82) is 0 Å². The summed E-state index contributed by atoms with van der Waals surface area (Å²) in [6, 6.07) is 0. The Hall–Kier alpha value is -0.170. The average molecular weight is 137 g/mol. The third-order valence-electron chi connectivity index (χ3n) is 0. The summed E-state index contributed by atoms with van der Waals surface area (Å²) in [5.74, 6) is 0. The molecule has 0 saturated heterocycles. The van der Waals surface area contributed by atoms with Crippen LogP contribution in [0.5, 0.6) is 0 Å². The summed E-state index contributed by atoms with van der Waals surface area (Å²) in [5, 5.41) is 9.00. The maximum Gasteiger partial charge on any atom is 0.0481 e. The third kappa shape index (κ3) is 4710. The summed E-state index contributed by atoms with van der Waals surface area (Å²) in [5.41, 5.74) is 0. The predicted octanol–water partition coefficient (Wildman–Crippen LogP) is 1.77. The zero-order valence-corrected chi connectivity index (χ0v) is 6.61. The standard InChI is InChI=1S/C4H12P.HNO2/c1-5(2,3)4;2-1-3/h1-4H3;(H,2,3)/q+1;/p-1. The van der Waals surface area contributed by atoms with Crippen LogP contribution in [0.25, 0.3) is 0 Å². The van der Waals surface area contributed by atoms with Crippen LogP contribution in [0.3, 0.4) is 0 Å². The topological polar surface area (TPSA) is 52.5 Å². The van der Waals surface area contributed by atoms with Crippen molar-refractivity contribution in [3.05, 3.63) is 10.1 Å². The molecule has 0 aromatic rings. The molecule has 8 heavy (non-hydrogen) atoms. The number of rotatable bonds is 0. The van der Waals surface area contributed by atoms with E-state index in [4.69, 9.17) is 10.1 Å². The van der Waals surface area contributed by atoms with Crippen LogP contribution in [0.2, 0.25) is 0 Å². The second-order valence-electron chi connectivity index (χ2n) is 2.76.